The maximum Gasteiger partial charge on any atom is 0.262 e. The zero-order valence-electron chi connectivity index (χ0n) is 18.6. The van der Waals surface area contributed by atoms with Crippen LogP contribution in [0.5, 0.6) is 5.75 Å². The van der Waals surface area contributed by atoms with E-state index in [1.54, 1.807) is 10.9 Å². The van der Waals surface area contributed by atoms with Crippen LogP contribution in [-0.2, 0) is 14.6 Å². The second kappa shape index (κ2) is 9.93. The summed E-state index contributed by atoms with van der Waals surface area (Å²) in [6, 6.07) is 18.4. The number of rotatable bonds is 7. The minimum absolute atomic E-state index is 0.0370. The van der Waals surface area contributed by atoms with Gasteiger partial charge in [0.25, 0.3) is 5.91 Å². The van der Waals surface area contributed by atoms with Crippen LogP contribution in [0.1, 0.15) is 18.9 Å². The molecule has 1 aromatic heterocycles. The standard InChI is InChI=1S/C25H24N4O4S/c1-2-33-23-10-8-18(9-11-23)24-20(16-29(28-24)22-6-4-3-5-7-22)14-19(15-26)25(30)27-21-12-13-34(31,32)17-21/h3-11,14,16,21H,2,12-13,17H2,1H3,(H,27,30). The first-order chi connectivity index (χ1) is 16.4. The average molecular weight is 477 g/mol. The molecule has 4 rings (SSSR count). The minimum Gasteiger partial charge on any atom is -0.494 e. The van der Waals surface area contributed by atoms with Crippen molar-refractivity contribution in [2.24, 2.45) is 0 Å². The van der Waals surface area contributed by atoms with Crippen molar-refractivity contribution in [2.45, 2.75) is 19.4 Å². The van der Waals surface area contributed by atoms with E-state index in [-0.39, 0.29) is 17.1 Å². The third-order valence-electron chi connectivity index (χ3n) is 5.43. The largest absolute Gasteiger partial charge is 0.494 e. The van der Waals surface area contributed by atoms with Crippen molar-refractivity contribution in [3.05, 3.63) is 71.9 Å². The first kappa shape index (κ1) is 23.3. The normalized spacial score (nSPS) is 17.2. The number of hydrogen-bond acceptors (Lipinski definition) is 6. The number of nitrogens with zero attached hydrogens (tertiary/aromatic N) is 3. The number of ether oxygens (including phenoxy) is 1. The van der Waals surface area contributed by atoms with Crippen molar-refractivity contribution in [3.8, 4) is 28.8 Å². The van der Waals surface area contributed by atoms with E-state index in [2.05, 4.69) is 5.32 Å². The average Bonchev–Trinajstić information content (AvgIpc) is 3.41. The van der Waals surface area contributed by atoms with Crippen LogP contribution in [0.25, 0.3) is 23.0 Å². The van der Waals surface area contributed by atoms with Crippen LogP contribution in [0, 0.1) is 11.3 Å². The van der Waals surface area contributed by atoms with Crippen molar-refractivity contribution in [1.29, 1.82) is 5.26 Å². The Labute approximate surface area is 198 Å². The fourth-order valence-corrected chi connectivity index (χ4v) is 5.46. The number of nitriles is 1. The molecule has 0 aliphatic carbocycles. The molecular weight excluding hydrogens is 452 g/mol. The highest BCUT2D eigenvalue weighted by atomic mass is 32.2. The molecule has 1 unspecified atom stereocenters. The van der Waals surface area contributed by atoms with Gasteiger partial charge < -0.3 is 10.1 Å². The van der Waals surface area contributed by atoms with Crippen LogP contribution in [-0.4, -0.2) is 48.3 Å². The van der Waals surface area contributed by atoms with Gasteiger partial charge in [0, 0.05) is 23.4 Å². The van der Waals surface area contributed by atoms with Crippen LogP contribution in [0.15, 0.2) is 66.4 Å². The number of sulfone groups is 1. The Hall–Kier alpha value is -3.90. The number of carbonyl (C=O) groups is 1. The molecule has 8 nitrogen and oxygen atoms in total. The Balaban J connectivity index is 1.69. The number of carbonyl (C=O) groups excluding carboxylic acids is 1. The molecule has 1 fully saturated rings. The van der Waals surface area contributed by atoms with E-state index in [9.17, 15) is 18.5 Å². The summed E-state index contributed by atoms with van der Waals surface area (Å²) in [6.45, 7) is 2.46. The Morgan fingerprint density at radius 1 is 1.24 bits per heavy atom. The third-order valence-corrected chi connectivity index (χ3v) is 7.20. The summed E-state index contributed by atoms with van der Waals surface area (Å²) < 4.78 is 30.6. The molecule has 1 N–H and O–H groups in total. The van der Waals surface area contributed by atoms with E-state index in [1.807, 2.05) is 67.6 Å². The summed E-state index contributed by atoms with van der Waals surface area (Å²) in [4.78, 5) is 12.7. The smallest absolute Gasteiger partial charge is 0.262 e. The maximum atomic E-state index is 12.7. The molecule has 3 aromatic rings. The summed E-state index contributed by atoms with van der Waals surface area (Å²) in [6.07, 6.45) is 3.58. The monoisotopic (exact) mass is 476 g/mol. The van der Waals surface area contributed by atoms with Gasteiger partial charge in [0.2, 0.25) is 0 Å². The van der Waals surface area contributed by atoms with Gasteiger partial charge in [-0.15, -0.1) is 0 Å². The van der Waals surface area contributed by atoms with Gasteiger partial charge in [-0.2, -0.15) is 10.4 Å². The van der Waals surface area contributed by atoms with E-state index in [1.165, 1.54) is 6.08 Å². The highest BCUT2D eigenvalue weighted by molar-refractivity contribution is 7.91. The molecule has 0 spiro atoms. The van der Waals surface area contributed by atoms with Crippen molar-refractivity contribution in [2.75, 3.05) is 18.1 Å². The number of benzene rings is 2. The van der Waals surface area contributed by atoms with Gasteiger partial charge in [-0.05, 0) is 55.8 Å². The summed E-state index contributed by atoms with van der Waals surface area (Å²) in [7, 11) is -3.15. The lowest BCUT2D eigenvalue weighted by molar-refractivity contribution is -0.117. The maximum absolute atomic E-state index is 12.7. The molecule has 9 heteroatoms. The Morgan fingerprint density at radius 2 is 1.97 bits per heavy atom. The topological polar surface area (TPSA) is 114 Å². The third kappa shape index (κ3) is 5.35. The molecule has 2 aromatic carbocycles. The summed E-state index contributed by atoms with van der Waals surface area (Å²) in [5.74, 6) is 0.0555. The molecule has 1 amide bonds. The van der Waals surface area contributed by atoms with Crippen LogP contribution in [0.3, 0.4) is 0 Å². The molecule has 174 valence electrons. The van der Waals surface area contributed by atoms with Gasteiger partial charge in [-0.25, -0.2) is 13.1 Å². The summed E-state index contributed by atoms with van der Waals surface area (Å²) >= 11 is 0. The SMILES string of the molecule is CCOc1ccc(-c2nn(-c3ccccc3)cc2C=C(C#N)C(=O)NC2CCS(=O)(=O)C2)cc1. The molecular formula is C25H24N4O4S. The van der Waals surface area contributed by atoms with Crippen LogP contribution in [0.4, 0.5) is 0 Å². The van der Waals surface area contributed by atoms with Gasteiger partial charge in [0.05, 0.1) is 29.5 Å². The van der Waals surface area contributed by atoms with E-state index in [0.29, 0.717) is 24.3 Å². The van der Waals surface area contributed by atoms with E-state index in [0.717, 1.165) is 17.0 Å². The fourth-order valence-electron chi connectivity index (χ4n) is 3.78. The Morgan fingerprint density at radius 3 is 2.59 bits per heavy atom. The van der Waals surface area contributed by atoms with Gasteiger partial charge in [0.15, 0.2) is 9.84 Å². The number of aromatic nitrogens is 2. The van der Waals surface area contributed by atoms with Gasteiger partial charge in [0.1, 0.15) is 17.4 Å². The zero-order chi connectivity index (χ0) is 24.1. The lowest BCUT2D eigenvalue weighted by Crippen LogP contribution is -2.36. The van der Waals surface area contributed by atoms with Gasteiger partial charge in [-0.1, -0.05) is 18.2 Å². The van der Waals surface area contributed by atoms with Crippen molar-refractivity contribution in [3.63, 3.8) is 0 Å². The lowest BCUT2D eigenvalue weighted by atomic mass is 10.1. The highest BCUT2D eigenvalue weighted by Crippen LogP contribution is 2.27. The minimum atomic E-state index is -3.15. The molecule has 34 heavy (non-hydrogen) atoms. The van der Waals surface area contributed by atoms with Crippen LogP contribution >= 0.6 is 0 Å². The second-order valence-electron chi connectivity index (χ2n) is 7.91. The lowest BCUT2D eigenvalue weighted by Gasteiger charge is -2.10. The van der Waals surface area contributed by atoms with Gasteiger partial charge in [-0.3, -0.25) is 4.79 Å². The molecule has 0 saturated carbocycles. The predicted octanol–water partition coefficient (Wildman–Crippen LogP) is 3.15. The van der Waals surface area contributed by atoms with Crippen molar-refractivity contribution >= 4 is 21.8 Å². The van der Waals surface area contributed by atoms with Crippen LogP contribution in [0.2, 0.25) is 0 Å². The second-order valence-corrected chi connectivity index (χ2v) is 10.1. The number of para-hydroxylation sites is 1. The first-order valence-corrected chi connectivity index (χ1v) is 12.7. The molecule has 0 radical (unpaired) electrons. The Kier molecular flexibility index (Phi) is 6.80. The van der Waals surface area contributed by atoms with E-state index in [4.69, 9.17) is 9.84 Å². The zero-order valence-corrected chi connectivity index (χ0v) is 19.5. The van der Waals surface area contributed by atoms with Crippen molar-refractivity contribution < 1.29 is 17.9 Å². The molecule has 1 atom stereocenters. The summed E-state index contributed by atoms with van der Waals surface area (Å²) in [5.41, 5.74) is 2.68. The number of amides is 1. The van der Waals surface area contributed by atoms with Gasteiger partial charge >= 0.3 is 0 Å². The predicted molar refractivity (Wildman–Crippen MR) is 129 cm³/mol. The summed E-state index contributed by atoms with van der Waals surface area (Å²) in [5, 5.41) is 17.1. The number of nitrogens with one attached hydrogen (secondary N) is 1. The fraction of sp³-hybridized carbons (Fsp3) is 0.240. The molecule has 1 aliphatic rings. The molecule has 0 bridgehead atoms. The van der Waals surface area contributed by atoms with Crippen molar-refractivity contribution in [1.82, 2.24) is 15.1 Å². The molecule has 2 heterocycles. The quantitative estimate of drug-likeness (QED) is 0.414. The molecule has 1 aliphatic heterocycles. The number of hydrogen-bond donors (Lipinski definition) is 1. The van der Waals surface area contributed by atoms with E-state index >= 15 is 0 Å². The molecule has 1 saturated heterocycles. The first-order valence-electron chi connectivity index (χ1n) is 10.9. The Bertz CT molecular complexity index is 1350. The van der Waals surface area contributed by atoms with E-state index < -0.39 is 21.8 Å². The highest BCUT2D eigenvalue weighted by Gasteiger charge is 2.29. The van der Waals surface area contributed by atoms with Crippen LogP contribution < -0.4 is 10.1 Å².